The predicted octanol–water partition coefficient (Wildman–Crippen LogP) is 3.79. The number of nitrogens with zero attached hydrogens (tertiary/aromatic N) is 3. The number of anilines is 1. The normalized spacial score (nSPS) is 11.8. The minimum Gasteiger partial charge on any atom is -0.325 e. The summed E-state index contributed by atoms with van der Waals surface area (Å²) in [4.78, 5) is 29.3. The van der Waals surface area contributed by atoms with Crippen LogP contribution in [0.5, 0.6) is 0 Å². The van der Waals surface area contributed by atoms with Crippen molar-refractivity contribution in [2.24, 2.45) is 0 Å². The van der Waals surface area contributed by atoms with Crippen molar-refractivity contribution < 1.29 is 18.0 Å². The molecule has 0 saturated heterocycles. The van der Waals surface area contributed by atoms with E-state index >= 15 is 0 Å². The number of aromatic nitrogens is 3. The number of nitrogens with one attached hydrogen (secondary N) is 1. The van der Waals surface area contributed by atoms with E-state index in [1.165, 1.54) is 16.5 Å². The molecule has 3 aromatic rings. The molecule has 0 atom stereocenters. The van der Waals surface area contributed by atoms with Crippen LogP contribution >= 0.6 is 15.9 Å². The number of carbonyl (C=O) groups is 1. The molecule has 1 aromatic carbocycles. The number of hydrogen-bond donors (Lipinski definition) is 1. The van der Waals surface area contributed by atoms with Crippen LogP contribution < -0.4 is 10.9 Å². The van der Waals surface area contributed by atoms with Crippen LogP contribution in [0.3, 0.4) is 0 Å². The average Bonchev–Trinajstić information content (AvgIpc) is 2.93. The van der Waals surface area contributed by atoms with E-state index in [4.69, 9.17) is 0 Å². The monoisotopic (exact) mass is 456 g/mol. The highest BCUT2D eigenvalue weighted by molar-refractivity contribution is 9.10. The lowest BCUT2D eigenvalue weighted by atomic mass is 10.2. The number of amides is 1. The molecule has 28 heavy (non-hydrogen) atoms. The third-order valence-electron chi connectivity index (χ3n) is 4.23. The Balaban J connectivity index is 1.86. The molecule has 1 N–H and O–H groups in total. The molecule has 1 amide bonds. The first kappa shape index (κ1) is 20.1. The van der Waals surface area contributed by atoms with E-state index in [1.54, 1.807) is 17.7 Å². The van der Waals surface area contributed by atoms with Gasteiger partial charge < -0.3 is 9.88 Å². The van der Waals surface area contributed by atoms with Crippen LogP contribution in [0.1, 0.15) is 23.9 Å². The molecule has 2 aromatic heterocycles. The number of rotatable bonds is 4. The summed E-state index contributed by atoms with van der Waals surface area (Å²) in [7, 11) is 0. The van der Waals surface area contributed by atoms with E-state index in [1.807, 2.05) is 6.92 Å². The molecule has 148 valence electrons. The molecular formula is C18H16BrF3N4O2. The Bertz CT molecular complexity index is 1100. The van der Waals surface area contributed by atoms with Crippen LogP contribution in [0.4, 0.5) is 18.9 Å². The fourth-order valence-electron chi connectivity index (χ4n) is 2.78. The quantitative estimate of drug-likeness (QED) is 0.649. The fraction of sp³-hybridized carbons (Fsp3) is 0.278. The minimum absolute atomic E-state index is 0.138. The fourth-order valence-corrected chi connectivity index (χ4v) is 3.34. The molecule has 0 spiro atoms. The van der Waals surface area contributed by atoms with Gasteiger partial charge in [-0.25, -0.2) is 4.98 Å². The second-order valence-electron chi connectivity index (χ2n) is 6.18. The second-order valence-corrected chi connectivity index (χ2v) is 6.97. The van der Waals surface area contributed by atoms with Gasteiger partial charge in [-0.15, -0.1) is 0 Å². The number of halogens is 4. The maximum atomic E-state index is 12.6. The maximum absolute atomic E-state index is 12.6. The molecule has 0 aliphatic carbocycles. The van der Waals surface area contributed by atoms with Gasteiger partial charge in [-0.05, 0) is 53.5 Å². The zero-order valence-electron chi connectivity index (χ0n) is 15.0. The summed E-state index contributed by atoms with van der Waals surface area (Å²) in [5.74, 6) is -0.124. The topological polar surface area (TPSA) is 68.4 Å². The van der Waals surface area contributed by atoms with Crippen molar-refractivity contribution in [3.8, 4) is 0 Å². The van der Waals surface area contributed by atoms with Crippen molar-refractivity contribution in [1.29, 1.82) is 0 Å². The van der Waals surface area contributed by atoms with Gasteiger partial charge in [-0.2, -0.15) is 13.2 Å². The number of benzene rings is 1. The molecule has 0 radical (unpaired) electrons. The lowest BCUT2D eigenvalue weighted by Crippen LogP contribution is -2.22. The smallest absolute Gasteiger partial charge is 0.325 e. The van der Waals surface area contributed by atoms with Gasteiger partial charge in [0.2, 0.25) is 11.7 Å². The van der Waals surface area contributed by atoms with Gasteiger partial charge in [0.15, 0.2) is 0 Å². The van der Waals surface area contributed by atoms with Crippen LogP contribution in [0, 0.1) is 6.92 Å². The summed E-state index contributed by atoms with van der Waals surface area (Å²) < 4.78 is 41.2. The van der Waals surface area contributed by atoms with Crippen molar-refractivity contribution in [3.05, 3.63) is 62.2 Å². The Morgan fingerprint density at radius 2 is 1.89 bits per heavy atom. The number of alkyl halides is 3. The van der Waals surface area contributed by atoms with Gasteiger partial charge >= 0.3 is 6.18 Å². The van der Waals surface area contributed by atoms with Crippen molar-refractivity contribution >= 4 is 33.3 Å². The van der Waals surface area contributed by atoms with Crippen LogP contribution in [0.2, 0.25) is 0 Å². The van der Waals surface area contributed by atoms with E-state index in [0.717, 1.165) is 12.1 Å². The molecule has 0 saturated carbocycles. The number of imidazole rings is 1. The third-order valence-corrected chi connectivity index (χ3v) is 5.02. The van der Waals surface area contributed by atoms with Gasteiger partial charge in [0.1, 0.15) is 11.0 Å². The molecule has 3 rings (SSSR count). The molecule has 0 fully saturated rings. The van der Waals surface area contributed by atoms with Crippen LogP contribution in [0.25, 0.3) is 5.78 Å². The first-order valence-corrected chi connectivity index (χ1v) is 9.15. The van der Waals surface area contributed by atoms with Crippen molar-refractivity contribution in [2.45, 2.75) is 33.0 Å². The van der Waals surface area contributed by atoms with Gasteiger partial charge in [-0.3, -0.25) is 14.0 Å². The van der Waals surface area contributed by atoms with Crippen LogP contribution in [-0.2, 0) is 23.9 Å². The summed E-state index contributed by atoms with van der Waals surface area (Å²) in [5.41, 5.74) is 0.403. The summed E-state index contributed by atoms with van der Waals surface area (Å²) >= 11 is 3.25. The summed E-state index contributed by atoms with van der Waals surface area (Å²) in [5, 5.41) is 2.55. The summed E-state index contributed by atoms with van der Waals surface area (Å²) in [6.07, 6.45) is -2.32. The standard InChI is InChI=1S/C18H16BrF3N4O2/c1-3-13-15(19)16(28)26-8-10(2)25(17(26)24-13)9-14(27)23-12-6-4-11(5-7-12)18(20,21)22/h4-8H,3,9H2,1-2H3,(H,23,27). The van der Waals surface area contributed by atoms with Crippen molar-refractivity contribution in [3.63, 3.8) is 0 Å². The molecular weight excluding hydrogens is 441 g/mol. The molecule has 0 aliphatic rings. The Morgan fingerprint density at radius 3 is 2.46 bits per heavy atom. The minimum atomic E-state index is -4.44. The first-order valence-electron chi connectivity index (χ1n) is 8.35. The maximum Gasteiger partial charge on any atom is 0.416 e. The van der Waals surface area contributed by atoms with Crippen molar-refractivity contribution in [1.82, 2.24) is 14.0 Å². The number of fused-ring (bicyclic) bond motifs is 1. The molecule has 2 heterocycles. The number of carbonyl (C=O) groups excluding carboxylic acids is 1. The molecule has 0 aliphatic heterocycles. The molecule has 10 heteroatoms. The zero-order valence-corrected chi connectivity index (χ0v) is 16.6. The number of hydrogen-bond acceptors (Lipinski definition) is 3. The Hall–Kier alpha value is -2.62. The van der Waals surface area contributed by atoms with E-state index in [9.17, 15) is 22.8 Å². The first-order chi connectivity index (χ1) is 13.1. The lowest BCUT2D eigenvalue weighted by molar-refractivity contribution is -0.137. The highest BCUT2D eigenvalue weighted by Crippen LogP contribution is 2.29. The molecule has 0 bridgehead atoms. The van der Waals surface area contributed by atoms with E-state index < -0.39 is 17.6 Å². The van der Waals surface area contributed by atoms with Gasteiger partial charge in [0.05, 0.1) is 11.3 Å². The highest BCUT2D eigenvalue weighted by Gasteiger charge is 2.30. The lowest BCUT2D eigenvalue weighted by Gasteiger charge is -2.10. The Labute approximate surface area is 166 Å². The SMILES string of the molecule is CCc1nc2n(CC(=O)Nc3ccc(C(F)(F)F)cc3)c(C)cn2c(=O)c1Br. The highest BCUT2D eigenvalue weighted by atomic mass is 79.9. The summed E-state index contributed by atoms with van der Waals surface area (Å²) in [6.45, 7) is 3.46. The average molecular weight is 457 g/mol. The van der Waals surface area contributed by atoms with Crippen molar-refractivity contribution in [2.75, 3.05) is 5.32 Å². The zero-order chi connectivity index (χ0) is 20.6. The van der Waals surface area contributed by atoms with Crippen LogP contribution in [-0.4, -0.2) is 19.9 Å². The number of aryl methyl sites for hydroxylation is 2. The predicted molar refractivity (Wildman–Crippen MR) is 101 cm³/mol. The van der Waals surface area contributed by atoms with Gasteiger partial charge in [0, 0.05) is 17.6 Å². The summed E-state index contributed by atoms with van der Waals surface area (Å²) in [6, 6.07) is 4.18. The van der Waals surface area contributed by atoms with Crippen LogP contribution in [0.15, 0.2) is 39.7 Å². The van der Waals surface area contributed by atoms with Gasteiger partial charge in [0.25, 0.3) is 5.56 Å². The second kappa shape index (κ2) is 7.42. The Morgan fingerprint density at radius 1 is 1.25 bits per heavy atom. The third kappa shape index (κ3) is 3.82. The largest absolute Gasteiger partial charge is 0.416 e. The molecule has 0 unspecified atom stereocenters. The molecule has 6 nitrogen and oxygen atoms in total. The van der Waals surface area contributed by atoms with E-state index in [0.29, 0.717) is 28.1 Å². The van der Waals surface area contributed by atoms with E-state index in [-0.39, 0.29) is 17.8 Å². The van der Waals surface area contributed by atoms with Gasteiger partial charge in [-0.1, -0.05) is 6.92 Å². The Kier molecular flexibility index (Phi) is 5.33. The van der Waals surface area contributed by atoms with E-state index in [2.05, 4.69) is 26.2 Å².